The van der Waals surface area contributed by atoms with Gasteiger partial charge in [-0.15, -0.1) is 0 Å². The van der Waals surface area contributed by atoms with Crippen LogP contribution in [-0.4, -0.2) is 30.6 Å². The quantitative estimate of drug-likeness (QED) is 0.864. The lowest BCUT2D eigenvalue weighted by Gasteiger charge is -2.30. The summed E-state index contributed by atoms with van der Waals surface area (Å²) in [5, 5.41) is 0. The van der Waals surface area contributed by atoms with Crippen molar-refractivity contribution in [2.45, 2.75) is 38.1 Å². The van der Waals surface area contributed by atoms with Crippen LogP contribution in [0.15, 0.2) is 30.3 Å². The Hall–Kier alpha value is -0.860. The number of piperidine rings is 1. The summed E-state index contributed by atoms with van der Waals surface area (Å²) < 4.78 is 0. The van der Waals surface area contributed by atoms with E-state index in [0.29, 0.717) is 12.0 Å². The van der Waals surface area contributed by atoms with Crippen molar-refractivity contribution in [1.82, 2.24) is 4.90 Å². The third kappa shape index (κ3) is 3.83. The normalized spacial score (nSPS) is 20.4. The van der Waals surface area contributed by atoms with Gasteiger partial charge in [-0.3, -0.25) is 0 Å². The van der Waals surface area contributed by atoms with Crippen molar-refractivity contribution >= 4 is 0 Å². The molecule has 2 nitrogen and oxygen atoms in total. The molecule has 1 aliphatic rings. The molecule has 1 heterocycles. The van der Waals surface area contributed by atoms with Gasteiger partial charge >= 0.3 is 0 Å². The van der Waals surface area contributed by atoms with Crippen molar-refractivity contribution in [2.75, 3.05) is 19.6 Å². The molecule has 0 spiro atoms. The summed E-state index contributed by atoms with van der Waals surface area (Å²) in [6, 6.07) is 11.3. The second-order valence-electron chi connectivity index (χ2n) is 5.28. The van der Waals surface area contributed by atoms with E-state index in [2.05, 4.69) is 42.2 Å². The van der Waals surface area contributed by atoms with Gasteiger partial charge in [0.25, 0.3) is 0 Å². The fourth-order valence-corrected chi connectivity index (χ4v) is 2.50. The van der Waals surface area contributed by atoms with Gasteiger partial charge in [0, 0.05) is 6.04 Å². The van der Waals surface area contributed by atoms with Crippen LogP contribution in [0.25, 0.3) is 0 Å². The lowest BCUT2D eigenvalue weighted by atomic mass is 9.97. The second-order valence-corrected chi connectivity index (χ2v) is 5.28. The van der Waals surface area contributed by atoms with Gasteiger partial charge < -0.3 is 10.6 Å². The van der Waals surface area contributed by atoms with Crippen LogP contribution in [0.2, 0.25) is 0 Å². The zero-order chi connectivity index (χ0) is 12.1. The number of nitrogens with two attached hydrogens (primary N) is 1. The highest BCUT2D eigenvalue weighted by atomic mass is 15.1. The highest BCUT2D eigenvalue weighted by Gasteiger charge is 2.16. The van der Waals surface area contributed by atoms with Crippen LogP contribution in [0, 0.1) is 0 Å². The van der Waals surface area contributed by atoms with Crippen molar-refractivity contribution in [1.29, 1.82) is 0 Å². The minimum absolute atomic E-state index is 0.442. The van der Waals surface area contributed by atoms with Crippen LogP contribution in [0.3, 0.4) is 0 Å². The molecule has 1 saturated heterocycles. The fourth-order valence-electron chi connectivity index (χ4n) is 2.50. The topological polar surface area (TPSA) is 29.3 Å². The molecule has 2 heteroatoms. The fraction of sp³-hybridized carbons (Fsp3) is 0.600. The van der Waals surface area contributed by atoms with Gasteiger partial charge in [0.05, 0.1) is 0 Å². The van der Waals surface area contributed by atoms with E-state index in [0.717, 1.165) is 0 Å². The maximum Gasteiger partial charge on any atom is 0.00631 e. The number of benzene rings is 1. The van der Waals surface area contributed by atoms with Crippen LogP contribution in [-0.2, 0) is 0 Å². The van der Waals surface area contributed by atoms with Gasteiger partial charge in [0.1, 0.15) is 0 Å². The summed E-state index contributed by atoms with van der Waals surface area (Å²) in [6.45, 7) is 5.90. The molecule has 0 aromatic heterocycles. The Bertz CT molecular complexity index is 315. The maximum atomic E-state index is 5.92. The van der Waals surface area contributed by atoms with E-state index in [4.69, 9.17) is 5.73 Å². The zero-order valence-electron chi connectivity index (χ0n) is 10.8. The number of likely N-dealkylation sites (tertiary alicyclic amines) is 1. The van der Waals surface area contributed by atoms with Crippen LogP contribution >= 0.6 is 0 Å². The Kier molecular flexibility index (Phi) is 4.57. The molecule has 17 heavy (non-hydrogen) atoms. The van der Waals surface area contributed by atoms with E-state index in [-0.39, 0.29) is 0 Å². The van der Waals surface area contributed by atoms with E-state index in [1.54, 1.807) is 0 Å². The zero-order valence-corrected chi connectivity index (χ0v) is 10.8. The molecule has 1 fully saturated rings. The molecule has 0 aliphatic carbocycles. The molecule has 1 aliphatic heterocycles. The smallest absolute Gasteiger partial charge is 0.00631 e. The summed E-state index contributed by atoms with van der Waals surface area (Å²) in [5.41, 5.74) is 7.38. The molecular weight excluding hydrogens is 208 g/mol. The minimum Gasteiger partial charge on any atom is -0.328 e. The largest absolute Gasteiger partial charge is 0.328 e. The molecule has 1 aromatic carbocycles. The van der Waals surface area contributed by atoms with Crippen molar-refractivity contribution < 1.29 is 0 Å². The van der Waals surface area contributed by atoms with Gasteiger partial charge in [-0.2, -0.15) is 0 Å². The van der Waals surface area contributed by atoms with Crippen molar-refractivity contribution in [2.24, 2.45) is 5.73 Å². The number of hydrogen-bond donors (Lipinski definition) is 1. The van der Waals surface area contributed by atoms with Crippen LogP contribution in [0.1, 0.15) is 37.7 Å². The van der Waals surface area contributed by atoms with Gasteiger partial charge in [0.2, 0.25) is 0 Å². The highest BCUT2D eigenvalue weighted by molar-refractivity contribution is 5.18. The Morgan fingerprint density at radius 1 is 1.24 bits per heavy atom. The monoisotopic (exact) mass is 232 g/mol. The standard InChI is InChI=1S/C15H24N2/c1-13(14-5-3-2-4-6-14)7-10-17-11-8-15(16)9-12-17/h2-6,13,15H,7-12,16H2,1H3/t13-/m1/s1. The minimum atomic E-state index is 0.442. The molecule has 2 N–H and O–H groups in total. The SMILES string of the molecule is C[C@H](CCN1CCC(N)CC1)c1ccccc1. The average Bonchev–Trinajstić information content (AvgIpc) is 2.39. The molecule has 0 amide bonds. The summed E-state index contributed by atoms with van der Waals surface area (Å²) in [7, 11) is 0. The van der Waals surface area contributed by atoms with E-state index < -0.39 is 0 Å². The molecule has 94 valence electrons. The third-order valence-corrected chi connectivity index (χ3v) is 3.88. The molecule has 0 saturated carbocycles. The average molecular weight is 232 g/mol. The first-order chi connectivity index (χ1) is 8.25. The molecule has 0 bridgehead atoms. The van der Waals surface area contributed by atoms with Crippen molar-refractivity contribution in [3.8, 4) is 0 Å². The van der Waals surface area contributed by atoms with Crippen LogP contribution < -0.4 is 5.73 Å². The van der Waals surface area contributed by atoms with E-state index in [1.165, 1.54) is 44.5 Å². The van der Waals surface area contributed by atoms with E-state index in [1.807, 2.05) is 0 Å². The predicted octanol–water partition coefficient (Wildman–Crippen LogP) is 2.60. The Morgan fingerprint density at radius 2 is 1.88 bits per heavy atom. The van der Waals surface area contributed by atoms with Gasteiger partial charge in [-0.25, -0.2) is 0 Å². The molecule has 2 rings (SSSR count). The van der Waals surface area contributed by atoms with Gasteiger partial charge in [-0.05, 0) is 50.4 Å². The molecule has 0 radical (unpaired) electrons. The Morgan fingerprint density at radius 3 is 2.53 bits per heavy atom. The molecular formula is C15H24N2. The summed E-state index contributed by atoms with van der Waals surface area (Å²) >= 11 is 0. The van der Waals surface area contributed by atoms with E-state index in [9.17, 15) is 0 Å². The Balaban J connectivity index is 1.75. The number of rotatable bonds is 4. The highest BCUT2D eigenvalue weighted by Crippen LogP contribution is 2.19. The summed E-state index contributed by atoms with van der Waals surface area (Å²) in [6.07, 6.45) is 3.58. The lowest BCUT2D eigenvalue weighted by Crippen LogP contribution is -2.40. The second kappa shape index (κ2) is 6.18. The Labute approximate surface area is 105 Å². The first-order valence-electron chi connectivity index (χ1n) is 6.78. The summed E-state index contributed by atoms with van der Waals surface area (Å²) in [5.74, 6) is 0.659. The first-order valence-corrected chi connectivity index (χ1v) is 6.78. The van der Waals surface area contributed by atoms with Crippen LogP contribution in [0.5, 0.6) is 0 Å². The molecule has 0 unspecified atom stereocenters. The third-order valence-electron chi connectivity index (χ3n) is 3.88. The van der Waals surface area contributed by atoms with E-state index >= 15 is 0 Å². The first kappa shape index (κ1) is 12.6. The van der Waals surface area contributed by atoms with Crippen molar-refractivity contribution in [3.63, 3.8) is 0 Å². The molecule has 1 atom stereocenters. The van der Waals surface area contributed by atoms with Gasteiger partial charge in [0.15, 0.2) is 0 Å². The lowest BCUT2D eigenvalue weighted by molar-refractivity contribution is 0.207. The van der Waals surface area contributed by atoms with Gasteiger partial charge in [-0.1, -0.05) is 37.3 Å². The number of hydrogen-bond acceptors (Lipinski definition) is 2. The molecule has 1 aromatic rings. The predicted molar refractivity (Wildman–Crippen MR) is 73.1 cm³/mol. The maximum absolute atomic E-state index is 5.92. The summed E-state index contributed by atoms with van der Waals surface area (Å²) in [4.78, 5) is 2.56. The van der Waals surface area contributed by atoms with Crippen LogP contribution in [0.4, 0.5) is 0 Å². The van der Waals surface area contributed by atoms with Crippen molar-refractivity contribution in [3.05, 3.63) is 35.9 Å². The number of nitrogens with zero attached hydrogens (tertiary/aromatic N) is 1.